The normalized spacial score (nSPS) is 11.9. The molecule has 4 aromatic rings. The molecule has 0 N–H and O–H groups in total. The van der Waals surface area contributed by atoms with Crippen molar-refractivity contribution in [2.24, 2.45) is 4.99 Å². The van der Waals surface area contributed by atoms with Gasteiger partial charge in [0.05, 0.1) is 11.1 Å². The van der Waals surface area contributed by atoms with Gasteiger partial charge >= 0.3 is 11.3 Å². The second-order valence-electron chi connectivity index (χ2n) is 6.08. The van der Waals surface area contributed by atoms with Crippen LogP contribution >= 0.6 is 11.3 Å². The number of fused-ring (bicyclic) bond motifs is 1. The number of thiophene rings is 1. The van der Waals surface area contributed by atoms with Crippen molar-refractivity contribution in [1.82, 2.24) is 4.57 Å². The van der Waals surface area contributed by atoms with Gasteiger partial charge in [0, 0.05) is 11.8 Å². The van der Waals surface area contributed by atoms with Crippen LogP contribution in [0.4, 0.5) is 5.69 Å². The van der Waals surface area contributed by atoms with Crippen LogP contribution in [0.2, 0.25) is 0 Å². The van der Waals surface area contributed by atoms with Gasteiger partial charge in [-0.05, 0) is 30.2 Å². The Morgan fingerprint density at radius 1 is 1.04 bits per heavy atom. The number of carbonyl (C=O) groups excluding carboxylic acids is 1. The highest BCUT2D eigenvalue weighted by molar-refractivity contribution is 7.22. The zero-order valence-electron chi connectivity index (χ0n) is 14.8. The topological polar surface area (TPSA) is 64.6 Å². The summed E-state index contributed by atoms with van der Waals surface area (Å²) < 4.78 is 6.81. The van der Waals surface area contributed by atoms with Crippen LogP contribution in [0.25, 0.3) is 20.7 Å². The lowest BCUT2D eigenvalue weighted by molar-refractivity contribution is 0.0926. The summed E-state index contributed by atoms with van der Waals surface area (Å²) in [6, 6.07) is 18.9. The fourth-order valence-corrected chi connectivity index (χ4v) is 4.33. The highest BCUT2D eigenvalue weighted by atomic mass is 32.1. The van der Waals surface area contributed by atoms with Crippen molar-refractivity contribution in [2.75, 3.05) is 0 Å². The van der Waals surface area contributed by atoms with E-state index in [0.717, 1.165) is 16.0 Å². The molecule has 0 saturated heterocycles. The van der Waals surface area contributed by atoms with Crippen molar-refractivity contribution < 1.29 is 9.21 Å². The third kappa shape index (κ3) is 3.04. The van der Waals surface area contributed by atoms with Crippen molar-refractivity contribution in [3.05, 3.63) is 82.3 Å². The maximum absolute atomic E-state index is 12.7. The summed E-state index contributed by atoms with van der Waals surface area (Å²) in [5.41, 5.74) is 1.88. The van der Waals surface area contributed by atoms with Gasteiger partial charge in [-0.3, -0.25) is 4.79 Å². The smallest absolute Gasteiger partial charge is 0.349 e. The van der Waals surface area contributed by atoms with Gasteiger partial charge in [0.1, 0.15) is 4.83 Å². The minimum atomic E-state index is -0.492. The second-order valence-corrected chi connectivity index (χ2v) is 7.08. The molecule has 4 rings (SSSR count). The van der Waals surface area contributed by atoms with Crippen LogP contribution in [0.3, 0.4) is 0 Å². The van der Waals surface area contributed by atoms with E-state index < -0.39 is 5.63 Å². The Balaban J connectivity index is 2.09. The molecule has 2 aromatic heterocycles. The van der Waals surface area contributed by atoms with E-state index in [-0.39, 0.29) is 11.6 Å². The summed E-state index contributed by atoms with van der Waals surface area (Å²) in [5.74, 6) is -0.265. The predicted molar refractivity (Wildman–Crippen MR) is 106 cm³/mol. The molecule has 6 heteroatoms. The molecule has 0 unspecified atom stereocenters. The lowest BCUT2D eigenvalue weighted by Crippen LogP contribution is -2.29. The third-order valence-electron chi connectivity index (χ3n) is 4.24. The Hall–Kier alpha value is -3.25. The van der Waals surface area contributed by atoms with Crippen LogP contribution < -0.4 is 11.3 Å². The molecule has 0 aliphatic rings. The monoisotopic (exact) mass is 376 g/mol. The lowest BCUT2D eigenvalue weighted by atomic mass is 10.1. The van der Waals surface area contributed by atoms with Gasteiger partial charge in [0.15, 0.2) is 0 Å². The molecule has 0 atom stereocenters. The maximum Gasteiger partial charge on any atom is 0.349 e. The Labute approximate surface area is 158 Å². The molecular formula is C21H16N2O3S. The van der Waals surface area contributed by atoms with E-state index in [9.17, 15) is 9.59 Å². The maximum atomic E-state index is 12.7. The Kier molecular flexibility index (Phi) is 4.33. The average Bonchev–Trinajstić information content (AvgIpc) is 3.00. The van der Waals surface area contributed by atoms with Gasteiger partial charge in [-0.2, -0.15) is 4.99 Å². The first kappa shape index (κ1) is 17.2. The van der Waals surface area contributed by atoms with Gasteiger partial charge in [-0.15, -0.1) is 11.3 Å². The molecule has 134 valence electrons. The zero-order chi connectivity index (χ0) is 19.0. The largest absolute Gasteiger partial charge is 0.388 e. The van der Waals surface area contributed by atoms with E-state index >= 15 is 0 Å². The van der Waals surface area contributed by atoms with Crippen LogP contribution in [0.15, 0.2) is 74.9 Å². The molecule has 0 aliphatic heterocycles. The first-order chi connectivity index (χ1) is 13.1. The average molecular weight is 376 g/mol. The number of aromatic nitrogens is 1. The molecular weight excluding hydrogens is 360 g/mol. The molecule has 0 aliphatic carbocycles. The van der Waals surface area contributed by atoms with Gasteiger partial charge < -0.3 is 4.42 Å². The molecule has 0 bridgehead atoms. The van der Waals surface area contributed by atoms with Crippen LogP contribution in [-0.2, 0) is 0 Å². The Morgan fingerprint density at radius 2 is 1.67 bits per heavy atom. The van der Waals surface area contributed by atoms with Gasteiger partial charge in [0.25, 0.3) is 0 Å². The number of benzene rings is 2. The van der Waals surface area contributed by atoms with Crippen molar-refractivity contribution in [2.45, 2.75) is 13.8 Å². The van der Waals surface area contributed by atoms with Crippen LogP contribution in [-0.4, -0.2) is 10.5 Å². The van der Waals surface area contributed by atoms with E-state index in [1.165, 1.54) is 22.8 Å². The summed E-state index contributed by atoms with van der Waals surface area (Å²) in [6.07, 6.45) is 0. The summed E-state index contributed by atoms with van der Waals surface area (Å²) in [7, 11) is 0. The van der Waals surface area contributed by atoms with E-state index in [1.54, 1.807) is 12.1 Å². The number of rotatable bonds is 2. The van der Waals surface area contributed by atoms with E-state index in [4.69, 9.17) is 4.42 Å². The molecule has 5 nitrogen and oxygen atoms in total. The summed E-state index contributed by atoms with van der Waals surface area (Å²) >= 11 is 1.39. The quantitative estimate of drug-likeness (QED) is 0.516. The molecule has 0 spiro atoms. The Bertz CT molecular complexity index is 1270. The van der Waals surface area contributed by atoms with E-state index in [1.807, 2.05) is 55.5 Å². The second kappa shape index (κ2) is 6.81. The highest BCUT2D eigenvalue weighted by Gasteiger charge is 2.20. The molecule has 27 heavy (non-hydrogen) atoms. The van der Waals surface area contributed by atoms with E-state index in [2.05, 4.69) is 4.99 Å². The highest BCUT2D eigenvalue weighted by Crippen LogP contribution is 2.36. The standard InChI is InChI=1S/C21H16N2O3S/c1-13-17-19(27-18(13)15-9-5-3-6-10-15)23(14(2)24)21(26-20(17)25)22-16-11-7-4-8-12-16/h3-12H,1-2H3. The molecule has 0 fully saturated rings. The fourth-order valence-electron chi connectivity index (χ4n) is 2.99. The molecule has 2 heterocycles. The number of para-hydroxylation sites is 1. The minimum absolute atomic E-state index is 0.0212. The van der Waals surface area contributed by atoms with Crippen molar-refractivity contribution in [3.63, 3.8) is 0 Å². The number of carbonyl (C=O) groups is 1. The minimum Gasteiger partial charge on any atom is -0.388 e. The molecule has 0 saturated carbocycles. The van der Waals surface area contributed by atoms with Crippen LogP contribution in [0.5, 0.6) is 0 Å². The molecule has 0 radical (unpaired) electrons. The number of hydrogen-bond acceptors (Lipinski definition) is 5. The summed E-state index contributed by atoms with van der Waals surface area (Å²) in [6.45, 7) is 3.30. The van der Waals surface area contributed by atoms with Gasteiger partial charge in [-0.25, -0.2) is 9.36 Å². The first-order valence-electron chi connectivity index (χ1n) is 8.41. The number of aryl methyl sites for hydroxylation is 1. The van der Waals surface area contributed by atoms with Gasteiger partial charge in [-0.1, -0.05) is 48.5 Å². The lowest BCUT2D eigenvalue weighted by Gasteiger charge is -2.03. The van der Waals surface area contributed by atoms with Crippen LogP contribution in [0, 0.1) is 6.92 Å². The molecule has 2 aromatic carbocycles. The van der Waals surface area contributed by atoms with E-state index in [0.29, 0.717) is 15.9 Å². The fraction of sp³-hybridized carbons (Fsp3) is 0.0952. The van der Waals surface area contributed by atoms with Gasteiger partial charge in [0.2, 0.25) is 5.91 Å². The third-order valence-corrected chi connectivity index (χ3v) is 5.57. The number of nitrogens with zero attached hydrogens (tertiary/aromatic N) is 2. The predicted octanol–water partition coefficient (Wildman–Crippen LogP) is 4.52. The summed E-state index contributed by atoms with van der Waals surface area (Å²) in [4.78, 5) is 30.9. The van der Waals surface area contributed by atoms with Crippen LogP contribution in [0.1, 0.15) is 17.3 Å². The van der Waals surface area contributed by atoms with Crippen molar-refractivity contribution in [3.8, 4) is 10.4 Å². The Morgan fingerprint density at radius 3 is 2.30 bits per heavy atom. The van der Waals surface area contributed by atoms with Crippen molar-refractivity contribution >= 4 is 33.1 Å². The SMILES string of the molecule is CC(=O)n1c(=Nc2ccccc2)oc(=O)c2c(C)c(-c3ccccc3)sc21. The summed E-state index contributed by atoms with van der Waals surface area (Å²) in [5, 5.41) is 0.418. The number of hydrogen-bond donors (Lipinski definition) is 0. The first-order valence-corrected chi connectivity index (χ1v) is 9.23. The molecule has 0 amide bonds. The zero-order valence-corrected chi connectivity index (χ0v) is 15.6. The van der Waals surface area contributed by atoms with Crippen molar-refractivity contribution in [1.29, 1.82) is 0 Å².